The van der Waals surface area contributed by atoms with Gasteiger partial charge < -0.3 is 20.3 Å². The molecule has 0 aromatic carbocycles. The largest absolute Gasteiger partial charge is 0.460 e. The maximum absolute atomic E-state index is 13.0. The molecule has 0 aliphatic carbocycles. The van der Waals surface area contributed by atoms with Crippen LogP contribution in [-0.4, -0.2) is 68.3 Å². The second kappa shape index (κ2) is 10.0. The molecule has 1 saturated heterocycles. The van der Waals surface area contributed by atoms with Crippen LogP contribution in [0.25, 0.3) is 0 Å². The van der Waals surface area contributed by atoms with E-state index >= 15 is 0 Å². The molecule has 2 aliphatic rings. The van der Waals surface area contributed by atoms with E-state index in [1.165, 1.54) is 37.0 Å². The zero-order chi connectivity index (χ0) is 24.4. The zero-order valence-corrected chi connectivity index (χ0v) is 20.4. The number of β-lactam (4-membered cyclic amide) rings is 1. The first-order valence-electron chi connectivity index (χ1n) is 9.83. The van der Waals surface area contributed by atoms with Gasteiger partial charge in [-0.15, -0.1) is 23.1 Å². The number of carbonyl (C=O) groups is 4. The van der Waals surface area contributed by atoms with Crippen molar-refractivity contribution in [3.8, 4) is 0 Å². The van der Waals surface area contributed by atoms with Crippen molar-refractivity contribution in [2.45, 2.75) is 18.3 Å². The molecule has 178 valence electrons. The Morgan fingerprint density at radius 2 is 2.24 bits per heavy atom. The Labute approximate surface area is 206 Å². The van der Waals surface area contributed by atoms with Crippen LogP contribution in [0.2, 0.25) is 0 Å². The lowest BCUT2D eigenvalue weighted by molar-refractivity contribution is -0.146. The van der Waals surface area contributed by atoms with Crippen LogP contribution < -0.4 is 11.1 Å². The first-order chi connectivity index (χ1) is 16.3. The number of aromatic nitrogens is 1. The average molecular weight is 522 g/mol. The van der Waals surface area contributed by atoms with Crippen LogP contribution >= 0.6 is 34.9 Å². The highest BCUT2D eigenvalue weighted by molar-refractivity contribution is 8.14. The van der Waals surface area contributed by atoms with Gasteiger partial charge in [-0.25, -0.2) is 4.98 Å². The maximum atomic E-state index is 13.0. The van der Waals surface area contributed by atoms with E-state index in [9.17, 15) is 19.2 Å². The van der Waals surface area contributed by atoms with Crippen LogP contribution in [0, 0.1) is 0 Å². The van der Waals surface area contributed by atoms with Gasteiger partial charge in [0, 0.05) is 23.8 Å². The molecule has 2 aromatic heterocycles. The molecule has 4 heterocycles. The number of oxime groups is 1. The Morgan fingerprint density at radius 1 is 1.44 bits per heavy atom. The fourth-order valence-corrected chi connectivity index (χ4v) is 6.30. The molecule has 2 amide bonds. The highest BCUT2D eigenvalue weighted by Gasteiger charge is 2.53. The van der Waals surface area contributed by atoms with Crippen molar-refractivity contribution in [2.75, 3.05) is 24.3 Å². The summed E-state index contributed by atoms with van der Waals surface area (Å²) in [5, 5.41) is 7.47. The number of rotatable bonds is 8. The number of fused-ring (bicyclic) bond motifs is 1. The number of allylic oxidation sites excluding steroid dienone is 1. The van der Waals surface area contributed by atoms with Gasteiger partial charge in [0.2, 0.25) is 0 Å². The van der Waals surface area contributed by atoms with Gasteiger partial charge in [-0.1, -0.05) is 16.9 Å². The topological polar surface area (TPSA) is 157 Å². The number of nitrogens with one attached hydrogen (secondary N) is 1. The summed E-state index contributed by atoms with van der Waals surface area (Å²) in [6.07, 6.45) is 1.41. The molecule has 11 nitrogen and oxygen atoms in total. The minimum absolute atomic E-state index is 0.113. The summed E-state index contributed by atoms with van der Waals surface area (Å²) in [7, 11) is 1.29. The number of thiazole rings is 1. The van der Waals surface area contributed by atoms with Crippen molar-refractivity contribution in [1.82, 2.24) is 15.2 Å². The number of hydrogen-bond acceptors (Lipinski definition) is 12. The van der Waals surface area contributed by atoms with Crippen LogP contribution in [-0.2, 0) is 19.2 Å². The highest BCUT2D eigenvalue weighted by atomic mass is 32.2. The SMILES string of the molecule is CO/N=C(\C(=O)N[C@@H]1C(=O)N2C(C(C)=O)=C(CSC(=O)c3ccco3)CS[C@H]12)c1csc(N)n1. The number of carbonyl (C=O) groups excluding carboxylic acids is 4. The lowest BCUT2D eigenvalue weighted by Gasteiger charge is -2.50. The number of amides is 2. The van der Waals surface area contributed by atoms with E-state index in [2.05, 4.69) is 15.5 Å². The van der Waals surface area contributed by atoms with E-state index in [-0.39, 0.29) is 44.6 Å². The summed E-state index contributed by atoms with van der Waals surface area (Å²) >= 11 is 3.54. The van der Waals surface area contributed by atoms with Crippen molar-refractivity contribution < 1.29 is 28.4 Å². The molecule has 2 atom stereocenters. The first kappa shape index (κ1) is 24.0. The second-order valence-corrected chi connectivity index (χ2v) is 10.1. The monoisotopic (exact) mass is 521 g/mol. The highest BCUT2D eigenvalue weighted by Crippen LogP contribution is 2.41. The smallest absolute Gasteiger partial charge is 0.276 e. The van der Waals surface area contributed by atoms with Gasteiger partial charge in [-0.2, -0.15) is 0 Å². The summed E-state index contributed by atoms with van der Waals surface area (Å²) in [6.45, 7) is 1.37. The molecule has 0 saturated carbocycles. The third kappa shape index (κ3) is 4.60. The average Bonchev–Trinajstić information content (AvgIpc) is 3.50. The summed E-state index contributed by atoms with van der Waals surface area (Å²) in [4.78, 5) is 60.6. The normalized spacial score (nSPS) is 20.0. The van der Waals surface area contributed by atoms with Gasteiger partial charge >= 0.3 is 0 Å². The Balaban J connectivity index is 1.47. The molecular weight excluding hydrogens is 502 g/mol. The van der Waals surface area contributed by atoms with E-state index in [4.69, 9.17) is 15.0 Å². The van der Waals surface area contributed by atoms with Crippen LogP contribution in [0.1, 0.15) is 23.2 Å². The lowest BCUT2D eigenvalue weighted by atomic mass is 10.0. The fourth-order valence-electron chi connectivity index (χ4n) is 3.48. The predicted octanol–water partition coefficient (Wildman–Crippen LogP) is 1.49. The van der Waals surface area contributed by atoms with E-state index in [0.717, 1.165) is 23.1 Å². The summed E-state index contributed by atoms with van der Waals surface area (Å²) in [5.74, 6) is -0.478. The van der Waals surface area contributed by atoms with E-state index in [1.54, 1.807) is 17.5 Å². The Bertz CT molecular complexity index is 1210. The molecule has 1 fully saturated rings. The van der Waals surface area contributed by atoms with Crippen molar-refractivity contribution in [3.63, 3.8) is 0 Å². The van der Waals surface area contributed by atoms with E-state index in [0.29, 0.717) is 11.3 Å². The third-order valence-corrected chi connectivity index (χ3v) is 7.90. The van der Waals surface area contributed by atoms with Crippen molar-refractivity contribution in [2.24, 2.45) is 5.16 Å². The lowest BCUT2D eigenvalue weighted by Crippen LogP contribution is -2.71. The van der Waals surface area contributed by atoms with Gasteiger partial charge in [0.05, 0.1) is 12.0 Å². The van der Waals surface area contributed by atoms with Crippen molar-refractivity contribution >= 4 is 68.4 Å². The molecule has 14 heteroatoms. The molecule has 3 N–H and O–H groups in total. The Kier molecular flexibility index (Phi) is 7.09. The number of nitrogen functional groups attached to an aromatic ring is 1. The molecular formula is C20H19N5O6S3. The van der Waals surface area contributed by atoms with Crippen molar-refractivity contribution in [3.05, 3.63) is 46.5 Å². The first-order valence-corrected chi connectivity index (χ1v) is 12.7. The minimum atomic E-state index is -0.858. The van der Waals surface area contributed by atoms with Gasteiger partial charge in [0.25, 0.3) is 16.9 Å². The van der Waals surface area contributed by atoms with Gasteiger partial charge in [0.15, 0.2) is 22.4 Å². The maximum Gasteiger partial charge on any atom is 0.276 e. The van der Waals surface area contributed by atoms with Crippen LogP contribution in [0.15, 0.2) is 44.6 Å². The molecule has 0 unspecified atom stereocenters. The van der Waals surface area contributed by atoms with E-state index in [1.807, 2.05) is 0 Å². The number of hydrogen-bond donors (Lipinski definition) is 2. The van der Waals surface area contributed by atoms with Crippen LogP contribution in [0.5, 0.6) is 0 Å². The fraction of sp³-hybridized carbons (Fsp3) is 0.300. The second-order valence-electron chi connectivity index (χ2n) is 7.12. The summed E-state index contributed by atoms with van der Waals surface area (Å²) in [5.41, 5.74) is 6.69. The quantitative estimate of drug-likeness (QED) is 0.296. The minimum Gasteiger partial charge on any atom is -0.460 e. The van der Waals surface area contributed by atoms with E-state index < -0.39 is 23.2 Å². The number of thioether (sulfide) groups is 2. The molecule has 4 rings (SSSR count). The van der Waals surface area contributed by atoms with Crippen LogP contribution in [0.3, 0.4) is 0 Å². The van der Waals surface area contributed by atoms with Gasteiger partial charge in [-0.05, 0) is 17.7 Å². The number of furan rings is 1. The number of Topliss-reactive ketones (excluding diaryl/α,β-unsaturated/α-hetero) is 1. The molecule has 0 radical (unpaired) electrons. The molecule has 34 heavy (non-hydrogen) atoms. The predicted molar refractivity (Wildman–Crippen MR) is 128 cm³/mol. The zero-order valence-electron chi connectivity index (χ0n) is 18.0. The number of nitrogens with zero attached hydrogens (tertiary/aromatic N) is 3. The van der Waals surface area contributed by atoms with Crippen molar-refractivity contribution in [1.29, 1.82) is 0 Å². The number of ketones is 1. The van der Waals surface area contributed by atoms with Crippen LogP contribution in [0.4, 0.5) is 5.13 Å². The summed E-state index contributed by atoms with van der Waals surface area (Å²) in [6, 6.07) is 2.33. The number of nitrogens with two attached hydrogens (primary N) is 1. The summed E-state index contributed by atoms with van der Waals surface area (Å²) < 4.78 is 5.10. The molecule has 0 bridgehead atoms. The molecule has 2 aromatic rings. The standard InChI is InChI=1S/C20H19N5O6S3/c1-9(26)15-10(7-33-19(29)12-4-3-5-31-12)6-32-18-14(17(28)25(15)18)23-16(27)13(24-30-2)11-8-34-20(21)22-11/h3-5,8,14,18H,6-7H2,1-2H3,(H2,21,22)(H,23,27)/b24-13-/t14-,18-/m1/s1. The van der Waals surface area contributed by atoms with Gasteiger partial charge in [-0.3, -0.25) is 24.1 Å². The Morgan fingerprint density at radius 3 is 2.85 bits per heavy atom. The third-order valence-electron chi connectivity index (χ3n) is 4.93. The molecule has 0 spiro atoms. The van der Waals surface area contributed by atoms with Gasteiger partial charge in [0.1, 0.15) is 24.2 Å². The Hall–Kier alpha value is -3.10. The number of anilines is 1. The molecule has 2 aliphatic heterocycles.